The van der Waals surface area contributed by atoms with Crippen molar-refractivity contribution in [2.45, 2.75) is 19.8 Å². The van der Waals surface area contributed by atoms with E-state index in [0.29, 0.717) is 5.92 Å². The molecule has 1 saturated heterocycles. The Bertz CT molecular complexity index is 577. The van der Waals surface area contributed by atoms with Crippen molar-refractivity contribution >= 4 is 11.6 Å². The Morgan fingerprint density at radius 2 is 1.57 bits per heavy atom. The average molecular weight is 284 g/mol. The second-order valence-corrected chi connectivity index (χ2v) is 6.06. The number of benzene rings is 1. The van der Waals surface area contributed by atoms with Crippen LogP contribution >= 0.6 is 0 Å². The first-order valence-corrected chi connectivity index (χ1v) is 7.72. The molecule has 0 amide bonds. The quantitative estimate of drug-likeness (QED) is 0.866. The third kappa shape index (κ3) is 2.89. The van der Waals surface area contributed by atoms with Crippen LogP contribution in [0.1, 0.15) is 25.3 Å². The van der Waals surface area contributed by atoms with E-state index in [-0.39, 0.29) is 0 Å². The van der Waals surface area contributed by atoms with Crippen LogP contribution in [0.2, 0.25) is 0 Å². The van der Waals surface area contributed by atoms with Crippen LogP contribution in [0.15, 0.2) is 36.7 Å². The number of anilines is 2. The number of hydrogen-bond acceptors (Lipinski definition) is 3. The van der Waals surface area contributed by atoms with Crippen LogP contribution < -0.4 is 9.80 Å². The molecule has 1 fully saturated rings. The van der Waals surface area contributed by atoms with E-state index in [1.54, 1.807) is 0 Å². The van der Waals surface area contributed by atoms with Gasteiger partial charge in [-0.2, -0.15) is 0 Å². The lowest BCUT2D eigenvalue weighted by Crippen LogP contribution is -2.47. The van der Waals surface area contributed by atoms with Crippen LogP contribution in [0.4, 0.5) is 11.6 Å². The van der Waals surface area contributed by atoms with Crippen LogP contribution in [-0.4, -0.2) is 35.7 Å². The second-order valence-electron chi connectivity index (χ2n) is 6.06. The first-order chi connectivity index (χ1) is 10.1. The van der Waals surface area contributed by atoms with Crippen molar-refractivity contribution in [2.24, 2.45) is 7.05 Å². The van der Waals surface area contributed by atoms with Gasteiger partial charge in [-0.15, -0.1) is 0 Å². The maximum Gasteiger partial charge on any atom is 0.205 e. The van der Waals surface area contributed by atoms with Gasteiger partial charge >= 0.3 is 0 Å². The van der Waals surface area contributed by atoms with Gasteiger partial charge in [-0.3, -0.25) is 0 Å². The molecular weight excluding hydrogens is 260 g/mol. The maximum atomic E-state index is 4.44. The molecule has 21 heavy (non-hydrogen) atoms. The van der Waals surface area contributed by atoms with Crippen molar-refractivity contribution < 1.29 is 0 Å². The van der Waals surface area contributed by atoms with Crippen LogP contribution in [-0.2, 0) is 7.05 Å². The average Bonchev–Trinajstić information content (AvgIpc) is 2.94. The number of rotatable bonds is 3. The van der Waals surface area contributed by atoms with Crippen LogP contribution in [0.25, 0.3) is 0 Å². The molecule has 0 aliphatic carbocycles. The fourth-order valence-corrected chi connectivity index (χ4v) is 2.90. The zero-order valence-corrected chi connectivity index (χ0v) is 13.2. The number of aromatic nitrogens is 2. The molecule has 0 N–H and O–H groups in total. The lowest BCUT2D eigenvalue weighted by molar-refractivity contribution is 0.630. The smallest absolute Gasteiger partial charge is 0.205 e. The fraction of sp³-hybridized carbons (Fsp3) is 0.471. The molecule has 1 aliphatic heterocycles. The van der Waals surface area contributed by atoms with E-state index >= 15 is 0 Å². The summed E-state index contributed by atoms with van der Waals surface area (Å²) in [6, 6.07) is 9.02. The van der Waals surface area contributed by atoms with E-state index in [0.717, 1.165) is 32.1 Å². The summed E-state index contributed by atoms with van der Waals surface area (Å²) >= 11 is 0. The van der Waals surface area contributed by atoms with Gasteiger partial charge in [0.2, 0.25) is 5.95 Å². The van der Waals surface area contributed by atoms with Crippen molar-refractivity contribution in [1.29, 1.82) is 0 Å². The molecule has 0 saturated carbocycles. The highest BCUT2D eigenvalue weighted by atomic mass is 15.3. The summed E-state index contributed by atoms with van der Waals surface area (Å²) in [7, 11) is 2.05. The summed E-state index contributed by atoms with van der Waals surface area (Å²) < 4.78 is 2.09. The van der Waals surface area contributed by atoms with E-state index in [1.807, 2.05) is 12.4 Å². The summed E-state index contributed by atoms with van der Waals surface area (Å²) in [5.41, 5.74) is 2.74. The molecule has 4 nitrogen and oxygen atoms in total. The van der Waals surface area contributed by atoms with Crippen LogP contribution in [0.3, 0.4) is 0 Å². The molecule has 2 heterocycles. The minimum absolute atomic E-state index is 0.597. The van der Waals surface area contributed by atoms with Gasteiger partial charge in [0.1, 0.15) is 0 Å². The minimum atomic E-state index is 0.597. The van der Waals surface area contributed by atoms with Gasteiger partial charge in [0.05, 0.1) is 0 Å². The lowest BCUT2D eigenvalue weighted by atomic mass is 10.0. The third-order valence-corrected chi connectivity index (χ3v) is 4.28. The van der Waals surface area contributed by atoms with Gasteiger partial charge in [-0.1, -0.05) is 26.0 Å². The number of piperazine rings is 1. The van der Waals surface area contributed by atoms with Gasteiger partial charge in [0.15, 0.2) is 0 Å². The van der Waals surface area contributed by atoms with E-state index in [4.69, 9.17) is 0 Å². The standard InChI is InChI=1S/C17H24N4/c1-14(2)15-4-6-16(7-5-15)20-10-12-21(13-11-20)17-18-8-9-19(17)3/h4-9,14H,10-13H2,1-3H3. The van der Waals surface area contributed by atoms with Crippen molar-refractivity contribution in [2.75, 3.05) is 36.0 Å². The SMILES string of the molecule is CC(C)c1ccc(N2CCN(c3nccn3C)CC2)cc1. The topological polar surface area (TPSA) is 24.3 Å². The van der Waals surface area contributed by atoms with Gasteiger partial charge in [0, 0.05) is 51.3 Å². The molecule has 0 spiro atoms. The first-order valence-electron chi connectivity index (χ1n) is 7.72. The Labute approximate surface area is 127 Å². The van der Waals surface area contributed by atoms with Crippen LogP contribution in [0.5, 0.6) is 0 Å². The van der Waals surface area contributed by atoms with E-state index < -0.39 is 0 Å². The molecule has 0 bridgehead atoms. The third-order valence-electron chi connectivity index (χ3n) is 4.28. The molecule has 4 heteroatoms. The zero-order valence-electron chi connectivity index (χ0n) is 13.2. The summed E-state index contributed by atoms with van der Waals surface area (Å²) in [4.78, 5) is 9.26. The van der Waals surface area contributed by atoms with Crippen LogP contribution in [0, 0.1) is 0 Å². The number of hydrogen-bond donors (Lipinski definition) is 0. The molecule has 0 radical (unpaired) electrons. The van der Waals surface area contributed by atoms with E-state index in [9.17, 15) is 0 Å². The second kappa shape index (κ2) is 5.80. The van der Waals surface area contributed by atoms with E-state index in [2.05, 4.69) is 64.5 Å². The molecule has 0 atom stereocenters. The molecular formula is C17H24N4. The zero-order chi connectivity index (χ0) is 14.8. The summed E-state index contributed by atoms with van der Waals surface area (Å²) in [6.45, 7) is 8.62. The van der Waals surface area contributed by atoms with Gasteiger partial charge < -0.3 is 14.4 Å². The Morgan fingerprint density at radius 1 is 0.952 bits per heavy atom. The predicted octanol–water partition coefficient (Wildman–Crippen LogP) is 2.87. The molecule has 112 valence electrons. The minimum Gasteiger partial charge on any atom is -0.368 e. The van der Waals surface area contributed by atoms with Crippen molar-refractivity contribution in [3.05, 3.63) is 42.2 Å². The molecule has 1 aliphatic rings. The van der Waals surface area contributed by atoms with Gasteiger partial charge in [-0.05, 0) is 23.6 Å². The maximum absolute atomic E-state index is 4.44. The number of aryl methyl sites for hydroxylation is 1. The van der Waals surface area contributed by atoms with E-state index in [1.165, 1.54) is 11.3 Å². The molecule has 1 aromatic heterocycles. The highest BCUT2D eigenvalue weighted by molar-refractivity contribution is 5.50. The molecule has 2 aromatic rings. The monoisotopic (exact) mass is 284 g/mol. The largest absolute Gasteiger partial charge is 0.368 e. The highest BCUT2D eigenvalue weighted by Crippen LogP contribution is 2.22. The van der Waals surface area contributed by atoms with Gasteiger partial charge in [-0.25, -0.2) is 4.98 Å². The lowest BCUT2D eigenvalue weighted by Gasteiger charge is -2.36. The Kier molecular flexibility index (Phi) is 3.86. The summed E-state index contributed by atoms with van der Waals surface area (Å²) in [5.74, 6) is 1.67. The normalized spacial score (nSPS) is 15.8. The number of imidazole rings is 1. The first kappa shape index (κ1) is 14.0. The van der Waals surface area contributed by atoms with Crippen molar-refractivity contribution in [1.82, 2.24) is 9.55 Å². The highest BCUT2D eigenvalue weighted by Gasteiger charge is 2.19. The molecule has 3 rings (SSSR count). The molecule has 0 unspecified atom stereocenters. The molecule has 1 aromatic carbocycles. The predicted molar refractivity (Wildman–Crippen MR) is 88.2 cm³/mol. The summed E-state index contributed by atoms with van der Waals surface area (Å²) in [6.07, 6.45) is 3.87. The Balaban J connectivity index is 1.64. The Hall–Kier alpha value is -1.97. The fourth-order valence-electron chi connectivity index (χ4n) is 2.90. The summed E-state index contributed by atoms with van der Waals surface area (Å²) in [5, 5.41) is 0. The number of nitrogens with zero attached hydrogens (tertiary/aromatic N) is 4. The Morgan fingerprint density at radius 3 is 2.10 bits per heavy atom. The van der Waals surface area contributed by atoms with Gasteiger partial charge in [0.25, 0.3) is 0 Å². The van der Waals surface area contributed by atoms with Crippen molar-refractivity contribution in [3.8, 4) is 0 Å². The van der Waals surface area contributed by atoms with Crippen molar-refractivity contribution in [3.63, 3.8) is 0 Å².